The molecule has 2 aromatic carbocycles. The van der Waals surface area contributed by atoms with Crippen molar-refractivity contribution in [1.29, 1.82) is 0 Å². The van der Waals surface area contributed by atoms with E-state index in [9.17, 15) is 14.0 Å². The lowest BCUT2D eigenvalue weighted by molar-refractivity contribution is -0.142. The lowest BCUT2D eigenvalue weighted by Crippen LogP contribution is -2.54. The number of hydrogen-bond donors (Lipinski definition) is 2. The standard InChI is InChI=1S/C30H26ClFN4O3S2/c31-23-4-2-1-3-22(23)27-25(37)17-30(36(40)29(27)38,19-11-16-41-18-19)26-10-9-24(35-12-14-39-15-13-35)28(34-26)33-21-7-5-20(32)6-8-21/h1-11,16,18,27,40H,12-15,17H2,(H,33,34). The van der Waals surface area contributed by atoms with Crippen molar-refractivity contribution in [2.75, 3.05) is 36.5 Å². The molecule has 2 unspecified atom stereocenters. The lowest BCUT2D eigenvalue weighted by atomic mass is 9.74. The van der Waals surface area contributed by atoms with Gasteiger partial charge in [-0.25, -0.2) is 9.37 Å². The highest BCUT2D eigenvalue weighted by Gasteiger charge is 2.54. The van der Waals surface area contributed by atoms with Gasteiger partial charge in [-0.3, -0.25) is 13.9 Å². The number of rotatable bonds is 6. The summed E-state index contributed by atoms with van der Waals surface area (Å²) in [6.07, 6.45) is -0.0469. The van der Waals surface area contributed by atoms with E-state index in [0.717, 1.165) is 11.3 Å². The fourth-order valence-electron chi connectivity index (χ4n) is 5.47. The average Bonchev–Trinajstić information content (AvgIpc) is 3.53. The Morgan fingerprint density at radius 1 is 1.05 bits per heavy atom. The Morgan fingerprint density at radius 2 is 1.80 bits per heavy atom. The molecule has 0 spiro atoms. The molecule has 2 aliphatic rings. The zero-order chi connectivity index (χ0) is 28.6. The maximum atomic E-state index is 14.0. The van der Waals surface area contributed by atoms with Crippen molar-refractivity contribution in [3.8, 4) is 0 Å². The van der Waals surface area contributed by atoms with Crippen LogP contribution in [0.15, 0.2) is 77.5 Å². The second kappa shape index (κ2) is 11.4. The van der Waals surface area contributed by atoms with Crippen molar-refractivity contribution in [3.05, 3.63) is 105 Å². The van der Waals surface area contributed by atoms with Gasteiger partial charge in [-0.05, 0) is 70.4 Å². The number of amides is 1. The number of ketones is 1. The summed E-state index contributed by atoms with van der Waals surface area (Å²) in [5, 5.41) is 7.48. The van der Waals surface area contributed by atoms with Crippen LogP contribution in [0.5, 0.6) is 0 Å². The zero-order valence-corrected chi connectivity index (χ0v) is 24.3. The molecule has 2 aliphatic heterocycles. The molecule has 6 rings (SSSR count). The van der Waals surface area contributed by atoms with Crippen molar-refractivity contribution in [2.24, 2.45) is 0 Å². The van der Waals surface area contributed by atoms with Crippen LogP contribution in [0.25, 0.3) is 0 Å². The number of thiol groups is 1. The summed E-state index contributed by atoms with van der Waals surface area (Å²) in [5.74, 6) is -1.65. The van der Waals surface area contributed by atoms with Gasteiger partial charge in [0.25, 0.3) is 0 Å². The van der Waals surface area contributed by atoms with Crippen LogP contribution in [0, 0.1) is 5.82 Å². The number of halogens is 2. The fraction of sp³-hybridized carbons (Fsp3) is 0.233. The number of ether oxygens (including phenoxy) is 1. The molecule has 2 atom stereocenters. The van der Waals surface area contributed by atoms with E-state index in [4.69, 9.17) is 34.1 Å². The molecule has 1 amide bonds. The zero-order valence-electron chi connectivity index (χ0n) is 21.8. The van der Waals surface area contributed by atoms with Gasteiger partial charge in [-0.15, -0.1) is 0 Å². The van der Waals surface area contributed by atoms with Crippen LogP contribution in [0.3, 0.4) is 0 Å². The van der Waals surface area contributed by atoms with E-state index in [0.29, 0.717) is 54.1 Å². The number of aromatic nitrogens is 1. The van der Waals surface area contributed by atoms with Crippen LogP contribution < -0.4 is 10.2 Å². The maximum absolute atomic E-state index is 14.0. The van der Waals surface area contributed by atoms with E-state index in [1.165, 1.54) is 27.8 Å². The number of benzene rings is 2. The summed E-state index contributed by atoms with van der Waals surface area (Å²) >= 11 is 12.6. The first-order chi connectivity index (χ1) is 19.9. The third-order valence-corrected chi connectivity index (χ3v) is 9.11. The number of pyridine rings is 1. The molecule has 1 N–H and O–H groups in total. The van der Waals surface area contributed by atoms with E-state index < -0.39 is 17.4 Å². The quantitative estimate of drug-likeness (QED) is 0.201. The van der Waals surface area contributed by atoms with Gasteiger partial charge in [0.05, 0.1) is 24.6 Å². The summed E-state index contributed by atoms with van der Waals surface area (Å²) in [7, 11) is 0. The van der Waals surface area contributed by atoms with Crippen LogP contribution in [0.2, 0.25) is 5.02 Å². The minimum atomic E-state index is -1.27. The number of nitrogens with zero attached hydrogens (tertiary/aromatic N) is 3. The summed E-state index contributed by atoms with van der Waals surface area (Å²) in [6.45, 7) is 2.49. The van der Waals surface area contributed by atoms with Gasteiger partial charge in [-0.2, -0.15) is 11.3 Å². The van der Waals surface area contributed by atoms with Crippen molar-refractivity contribution in [2.45, 2.75) is 17.9 Å². The Bertz CT molecular complexity index is 1580. The number of piperidine rings is 1. The first-order valence-corrected chi connectivity index (χ1v) is 14.8. The molecule has 2 saturated heterocycles. The highest BCUT2D eigenvalue weighted by Crippen LogP contribution is 2.48. The highest BCUT2D eigenvalue weighted by molar-refractivity contribution is 7.78. The fourth-order valence-corrected chi connectivity index (χ4v) is 6.84. The lowest BCUT2D eigenvalue weighted by Gasteiger charge is -2.45. The first kappa shape index (κ1) is 27.7. The molecule has 0 aliphatic carbocycles. The van der Waals surface area contributed by atoms with Crippen molar-refractivity contribution in [3.63, 3.8) is 0 Å². The van der Waals surface area contributed by atoms with Gasteiger partial charge in [0, 0.05) is 30.2 Å². The van der Waals surface area contributed by atoms with Crippen molar-refractivity contribution in [1.82, 2.24) is 9.29 Å². The van der Waals surface area contributed by atoms with E-state index in [2.05, 4.69) is 10.2 Å². The summed E-state index contributed by atoms with van der Waals surface area (Å²) < 4.78 is 20.5. The summed E-state index contributed by atoms with van der Waals surface area (Å²) in [6, 6.07) is 18.5. The molecule has 4 heterocycles. The number of carbonyl (C=O) groups is 2. The van der Waals surface area contributed by atoms with Gasteiger partial charge in [0.15, 0.2) is 11.6 Å². The number of nitrogens with one attached hydrogen (secondary N) is 1. The van der Waals surface area contributed by atoms with Crippen LogP contribution in [-0.4, -0.2) is 47.3 Å². The van der Waals surface area contributed by atoms with Crippen LogP contribution in [0.4, 0.5) is 21.6 Å². The minimum absolute atomic E-state index is 0.0469. The Kier molecular flexibility index (Phi) is 7.74. The molecule has 2 fully saturated rings. The molecule has 4 aromatic rings. The maximum Gasteiger partial charge on any atom is 0.248 e. The van der Waals surface area contributed by atoms with Crippen molar-refractivity contribution >= 4 is 64.6 Å². The van der Waals surface area contributed by atoms with Gasteiger partial charge in [-0.1, -0.05) is 42.6 Å². The number of carbonyl (C=O) groups excluding carboxylic acids is 2. The van der Waals surface area contributed by atoms with E-state index in [1.54, 1.807) is 36.4 Å². The molecule has 41 heavy (non-hydrogen) atoms. The number of anilines is 3. The SMILES string of the molecule is O=C1CC(c2ccsc2)(c2ccc(N3CCOCC3)c(Nc3ccc(F)cc3)n2)N(S)C(=O)C1c1ccccc1Cl. The molecule has 210 valence electrons. The molecule has 2 aromatic heterocycles. The topological polar surface area (TPSA) is 74.8 Å². The molecule has 0 bridgehead atoms. The predicted molar refractivity (Wildman–Crippen MR) is 162 cm³/mol. The Morgan fingerprint density at radius 3 is 2.51 bits per heavy atom. The Balaban J connectivity index is 1.47. The largest absolute Gasteiger partial charge is 0.378 e. The summed E-state index contributed by atoms with van der Waals surface area (Å²) in [5.41, 5.74) is 1.87. The van der Waals surface area contributed by atoms with E-state index in [1.807, 2.05) is 29.0 Å². The molecular formula is C30H26ClFN4O3S2. The molecule has 7 nitrogen and oxygen atoms in total. The molecule has 0 radical (unpaired) electrons. The normalized spacial score (nSPS) is 21.3. The van der Waals surface area contributed by atoms with E-state index in [-0.39, 0.29) is 18.0 Å². The second-order valence-electron chi connectivity index (χ2n) is 9.92. The van der Waals surface area contributed by atoms with Crippen LogP contribution >= 0.6 is 35.8 Å². The second-order valence-corrected chi connectivity index (χ2v) is 11.5. The monoisotopic (exact) mass is 608 g/mol. The van der Waals surface area contributed by atoms with Crippen LogP contribution in [0.1, 0.15) is 29.2 Å². The number of hydrogen-bond acceptors (Lipinski definition) is 8. The van der Waals surface area contributed by atoms with Gasteiger partial charge < -0.3 is 15.0 Å². The highest BCUT2D eigenvalue weighted by atomic mass is 35.5. The number of thiophene rings is 1. The summed E-state index contributed by atoms with van der Waals surface area (Å²) in [4.78, 5) is 35.0. The minimum Gasteiger partial charge on any atom is -0.378 e. The molecule has 0 saturated carbocycles. The Labute approximate surface area is 251 Å². The average molecular weight is 609 g/mol. The molecule has 11 heteroatoms. The van der Waals surface area contributed by atoms with Gasteiger partial charge in [0.2, 0.25) is 5.91 Å². The van der Waals surface area contributed by atoms with Crippen LogP contribution in [-0.2, 0) is 19.9 Å². The number of morpholine rings is 1. The Hall–Kier alpha value is -3.44. The van der Waals surface area contributed by atoms with Crippen molar-refractivity contribution < 1.29 is 18.7 Å². The predicted octanol–water partition coefficient (Wildman–Crippen LogP) is 6.19. The number of Topliss-reactive ketones (excluding diaryl/α,β-unsaturated/α-hetero) is 1. The van der Waals surface area contributed by atoms with Gasteiger partial charge in [0.1, 0.15) is 17.3 Å². The smallest absolute Gasteiger partial charge is 0.248 e. The molecular weight excluding hydrogens is 583 g/mol. The third kappa shape index (κ3) is 5.10. The first-order valence-electron chi connectivity index (χ1n) is 13.1. The third-order valence-electron chi connectivity index (χ3n) is 7.54. The van der Waals surface area contributed by atoms with Gasteiger partial charge >= 0.3 is 0 Å². The van der Waals surface area contributed by atoms with E-state index >= 15 is 0 Å².